The van der Waals surface area contributed by atoms with Crippen LogP contribution < -0.4 is 10.2 Å². The fourth-order valence-corrected chi connectivity index (χ4v) is 3.16. The lowest BCUT2D eigenvalue weighted by molar-refractivity contribution is -0.119. The van der Waals surface area contributed by atoms with Gasteiger partial charge in [0.05, 0.1) is 0 Å². The minimum Gasteiger partial charge on any atom is -0.374 e. The number of nitrogens with zero attached hydrogens (tertiary/aromatic N) is 1. The van der Waals surface area contributed by atoms with Gasteiger partial charge in [0.15, 0.2) is 0 Å². The van der Waals surface area contributed by atoms with Crippen LogP contribution in [0.25, 0.3) is 0 Å². The van der Waals surface area contributed by atoms with Crippen molar-refractivity contribution < 1.29 is 4.79 Å². The Balaban J connectivity index is 1.80. The molecule has 1 saturated heterocycles. The molecule has 1 unspecified atom stereocenters. The van der Waals surface area contributed by atoms with Crippen LogP contribution in [0.1, 0.15) is 30.9 Å². The maximum absolute atomic E-state index is 11.4. The van der Waals surface area contributed by atoms with E-state index in [2.05, 4.69) is 42.4 Å². The van der Waals surface area contributed by atoms with Gasteiger partial charge in [0, 0.05) is 31.2 Å². The van der Waals surface area contributed by atoms with Gasteiger partial charge in [-0.15, -0.1) is 0 Å². The zero-order chi connectivity index (χ0) is 12.8. The van der Waals surface area contributed by atoms with Gasteiger partial charge in [0.1, 0.15) is 0 Å². The first-order chi connectivity index (χ1) is 8.56. The second-order valence-electron chi connectivity index (χ2n) is 5.92. The molecule has 2 heterocycles. The topological polar surface area (TPSA) is 32.3 Å². The summed E-state index contributed by atoms with van der Waals surface area (Å²) in [5.74, 6) is 0.193. The van der Waals surface area contributed by atoms with Crippen molar-refractivity contribution in [1.29, 1.82) is 0 Å². The number of nitrogens with one attached hydrogen (secondary N) is 1. The molecule has 18 heavy (non-hydrogen) atoms. The van der Waals surface area contributed by atoms with E-state index in [1.165, 1.54) is 16.8 Å². The highest BCUT2D eigenvalue weighted by molar-refractivity contribution is 5.79. The lowest BCUT2D eigenvalue weighted by Gasteiger charge is -2.24. The number of carbonyl (C=O) groups excluding carboxylic acids is 1. The summed E-state index contributed by atoms with van der Waals surface area (Å²) in [7, 11) is 2.14. The Bertz CT molecular complexity index is 497. The SMILES string of the molecule is CN1CCc2cc(CC3(C)CCC(=O)N3)ccc21. The molecule has 0 aromatic heterocycles. The molecule has 2 aliphatic heterocycles. The van der Waals surface area contributed by atoms with Crippen molar-refractivity contribution in [1.82, 2.24) is 5.32 Å². The first-order valence-electron chi connectivity index (χ1n) is 6.70. The third-order valence-electron chi connectivity index (χ3n) is 4.21. The van der Waals surface area contributed by atoms with Gasteiger partial charge in [0.25, 0.3) is 0 Å². The van der Waals surface area contributed by atoms with Gasteiger partial charge in [-0.05, 0) is 43.4 Å². The summed E-state index contributed by atoms with van der Waals surface area (Å²) in [4.78, 5) is 13.7. The molecule has 1 aromatic rings. The Labute approximate surface area is 108 Å². The quantitative estimate of drug-likeness (QED) is 0.861. The number of anilines is 1. The minimum atomic E-state index is -0.0458. The van der Waals surface area contributed by atoms with E-state index in [9.17, 15) is 4.79 Å². The molecule has 0 saturated carbocycles. The van der Waals surface area contributed by atoms with Crippen molar-refractivity contribution in [2.45, 2.75) is 38.1 Å². The van der Waals surface area contributed by atoms with Crippen molar-refractivity contribution in [3.63, 3.8) is 0 Å². The summed E-state index contributed by atoms with van der Waals surface area (Å²) < 4.78 is 0. The summed E-state index contributed by atoms with van der Waals surface area (Å²) >= 11 is 0. The van der Waals surface area contributed by atoms with E-state index in [1.807, 2.05) is 0 Å². The van der Waals surface area contributed by atoms with Crippen LogP contribution in [-0.4, -0.2) is 25.0 Å². The number of amides is 1. The van der Waals surface area contributed by atoms with Crippen molar-refractivity contribution in [3.8, 4) is 0 Å². The maximum atomic E-state index is 11.4. The van der Waals surface area contributed by atoms with E-state index in [-0.39, 0.29) is 11.4 Å². The number of benzene rings is 1. The van der Waals surface area contributed by atoms with E-state index < -0.39 is 0 Å². The number of hydrogen-bond acceptors (Lipinski definition) is 2. The highest BCUT2D eigenvalue weighted by Gasteiger charge is 2.33. The first kappa shape index (κ1) is 11.6. The highest BCUT2D eigenvalue weighted by atomic mass is 16.2. The second kappa shape index (κ2) is 4.01. The Hall–Kier alpha value is -1.51. The molecule has 1 atom stereocenters. The lowest BCUT2D eigenvalue weighted by Crippen LogP contribution is -2.40. The molecule has 3 rings (SSSR count). The number of likely N-dealkylation sites (N-methyl/N-ethyl adjacent to an activating group) is 1. The Morgan fingerprint density at radius 3 is 2.94 bits per heavy atom. The molecule has 0 aliphatic carbocycles. The predicted molar refractivity (Wildman–Crippen MR) is 72.9 cm³/mol. The molecule has 0 radical (unpaired) electrons. The van der Waals surface area contributed by atoms with E-state index in [4.69, 9.17) is 0 Å². The summed E-state index contributed by atoms with van der Waals surface area (Å²) in [6.45, 7) is 3.27. The molecule has 3 nitrogen and oxygen atoms in total. The fourth-order valence-electron chi connectivity index (χ4n) is 3.16. The molecular weight excluding hydrogens is 224 g/mol. The van der Waals surface area contributed by atoms with Crippen molar-refractivity contribution in [2.75, 3.05) is 18.5 Å². The van der Waals surface area contributed by atoms with Crippen LogP contribution in [0.2, 0.25) is 0 Å². The number of fused-ring (bicyclic) bond motifs is 1. The second-order valence-corrected chi connectivity index (χ2v) is 5.92. The smallest absolute Gasteiger partial charge is 0.220 e. The Kier molecular flexibility index (Phi) is 2.58. The van der Waals surface area contributed by atoms with Crippen LogP contribution in [0.15, 0.2) is 18.2 Å². The van der Waals surface area contributed by atoms with Crippen LogP contribution in [0.4, 0.5) is 5.69 Å². The Morgan fingerprint density at radius 1 is 1.39 bits per heavy atom. The molecule has 96 valence electrons. The van der Waals surface area contributed by atoms with Crippen LogP contribution in [0, 0.1) is 0 Å². The van der Waals surface area contributed by atoms with Crippen molar-refractivity contribution in [2.24, 2.45) is 0 Å². The molecular formula is C15H20N2O. The van der Waals surface area contributed by atoms with Crippen LogP contribution in [0.5, 0.6) is 0 Å². The number of carbonyl (C=O) groups is 1. The van der Waals surface area contributed by atoms with Gasteiger partial charge in [-0.3, -0.25) is 4.79 Å². The third-order valence-corrected chi connectivity index (χ3v) is 4.21. The molecule has 1 aromatic carbocycles. The van der Waals surface area contributed by atoms with Gasteiger partial charge in [0.2, 0.25) is 5.91 Å². The number of rotatable bonds is 2. The average Bonchev–Trinajstić information content (AvgIpc) is 2.83. The Morgan fingerprint density at radius 2 is 2.22 bits per heavy atom. The third kappa shape index (κ3) is 1.98. The number of hydrogen-bond donors (Lipinski definition) is 1. The molecule has 2 aliphatic rings. The highest BCUT2D eigenvalue weighted by Crippen LogP contribution is 2.30. The van der Waals surface area contributed by atoms with Crippen LogP contribution >= 0.6 is 0 Å². The van der Waals surface area contributed by atoms with Gasteiger partial charge in [-0.25, -0.2) is 0 Å². The van der Waals surface area contributed by atoms with Crippen molar-refractivity contribution in [3.05, 3.63) is 29.3 Å². The maximum Gasteiger partial charge on any atom is 0.220 e. The van der Waals surface area contributed by atoms with Gasteiger partial charge in [-0.1, -0.05) is 12.1 Å². The minimum absolute atomic E-state index is 0.0458. The molecule has 1 N–H and O–H groups in total. The van der Waals surface area contributed by atoms with E-state index >= 15 is 0 Å². The van der Waals surface area contributed by atoms with E-state index in [0.29, 0.717) is 6.42 Å². The largest absolute Gasteiger partial charge is 0.374 e. The lowest BCUT2D eigenvalue weighted by atomic mass is 9.90. The summed E-state index contributed by atoms with van der Waals surface area (Å²) in [5, 5.41) is 3.11. The molecule has 0 spiro atoms. The monoisotopic (exact) mass is 244 g/mol. The van der Waals surface area contributed by atoms with E-state index in [0.717, 1.165) is 25.8 Å². The van der Waals surface area contributed by atoms with Crippen LogP contribution in [0.3, 0.4) is 0 Å². The van der Waals surface area contributed by atoms with Gasteiger partial charge < -0.3 is 10.2 Å². The molecule has 1 fully saturated rings. The first-order valence-corrected chi connectivity index (χ1v) is 6.70. The predicted octanol–water partition coefficient (Wildman–Crippen LogP) is 1.89. The van der Waals surface area contributed by atoms with Crippen LogP contribution in [-0.2, 0) is 17.6 Å². The standard InChI is InChI=1S/C15H20N2O/c1-15(7-5-14(18)16-15)10-11-3-4-13-12(9-11)6-8-17(13)2/h3-4,9H,5-8,10H2,1-2H3,(H,16,18). The van der Waals surface area contributed by atoms with E-state index in [1.54, 1.807) is 0 Å². The summed E-state index contributed by atoms with van der Waals surface area (Å²) in [6.07, 6.45) is 3.70. The average molecular weight is 244 g/mol. The van der Waals surface area contributed by atoms with Crippen molar-refractivity contribution >= 4 is 11.6 Å². The molecule has 1 amide bonds. The molecule has 0 bridgehead atoms. The summed E-state index contributed by atoms with van der Waals surface area (Å²) in [5.41, 5.74) is 4.10. The zero-order valence-electron chi connectivity index (χ0n) is 11.1. The zero-order valence-corrected chi connectivity index (χ0v) is 11.1. The van der Waals surface area contributed by atoms with Gasteiger partial charge >= 0.3 is 0 Å². The fraction of sp³-hybridized carbons (Fsp3) is 0.533. The normalized spacial score (nSPS) is 26.3. The summed E-state index contributed by atoms with van der Waals surface area (Å²) in [6, 6.07) is 6.74. The molecule has 3 heteroatoms. The van der Waals surface area contributed by atoms with Gasteiger partial charge in [-0.2, -0.15) is 0 Å².